The fourth-order valence-electron chi connectivity index (χ4n) is 2.20. The van der Waals surface area contributed by atoms with Crippen LogP contribution in [0.25, 0.3) is 11.0 Å². The number of methoxy groups -OCH3 is 1. The summed E-state index contributed by atoms with van der Waals surface area (Å²) in [5, 5.41) is 11.9. The smallest absolute Gasteiger partial charge is 0.254 e. The van der Waals surface area contributed by atoms with Crippen LogP contribution in [-0.4, -0.2) is 28.1 Å². The average Bonchev–Trinajstić information content (AvgIpc) is 2.96. The van der Waals surface area contributed by atoms with E-state index in [1.165, 1.54) is 6.07 Å². The second-order valence-corrected chi connectivity index (χ2v) is 4.91. The third kappa shape index (κ3) is 3.08. The van der Waals surface area contributed by atoms with E-state index in [1.807, 2.05) is 0 Å². The topological polar surface area (TPSA) is 87.2 Å². The van der Waals surface area contributed by atoms with Gasteiger partial charge in [-0.3, -0.25) is 4.79 Å². The van der Waals surface area contributed by atoms with Crippen molar-refractivity contribution in [2.75, 3.05) is 7.11 Å². The number of carbonyl (C=O) groups is 1. The molecule has 2 aromatic carbocycles. The van der Waals surface area contributed by atoms with E-state index in [2.05, 4.69) is 15.3 Å². The Hall–Kier alpha value is -3.09. The molecule has 23 heavy (non-hydrogen) atoms. The normalized spacial score (nSPS) is 10.7. The maximum atomic E-state index is 13.6. The van der Waals surface area contributed by atoms with Gasteiger partial charge in [0.25, 0.3) is 5.91 Å². The van der Waals surface area contributed by atoms with Gasteiger partial charge < -0.3 is 20.1 Å². The Morgan fingerprint density at radius 3 is 2.96 bits per heavy atom. The van der Waals surface area contributed by atoms with Gasteiger partial charge in [0.15, 0.2) is 0 Å². The molecule has 0 saturated carbocycles. The van der Waals surface area contributed by atoms with Crippen LogP contribution < -0.4 is 10.1 Å². The highest BCUT2D eigenvalue weighted by molar-refractivity contribution is 5.94. The van der Waals surface area contributed by atoms with Crippen molar-refractivity contribution in [3.63, 3.8) is 0 Å². The maximum absolute atomic E-state index is 13.6. The maximum Gasteiger partial charge on any atom is 0.254 e. The summed E-state index contributed by atoms with van der Waals surface area (Å²) in [5.41, 5.74) is 1.29. The minimum atomic E-state index is -0.699. The fraction of sp³-hybridized carbons (Fsp3) is 0.125. The minimum Gasteiger partial charge on any atom is -0.508 e. The highest BCUT2D eigenvalue weighted by Crippen LogP contribution is 2.19. The lowest BCUT2D eigenvalue weighted by Crippen LogP contribution is -2.24. The van der Waals surface area contributed by atoms with Gasteiger partial charge in [0, 0.05) is 6.07 Å². The van der Waals surface area contributed by atoms with E-state index in [4.69, 9.17) is 4.74 Å². The zero-order valence-corrected chi connectivity index (χ0v) is 12.3. The predicted molar refractivity (Wildman–Crippen MR) is 81.9 cm³/mol. The number of hydrogen-bond donors (Lipinski definition) is 3. The van der Waals surface area contributed by atoms with Crippen molar-refractivity contribution >= 4 is 16.9 Å². The van der Waals surface area contributed by atoms with Gasteiger partial charge in [0.2, 0.25) is 0 Å². The molecule has 0 saturated heterocycles. The van der Waals surface area contributed by atoms with Crippen molar-refractivity contribution in [2.45, 2.75) is 6.54 Å². The van der Waals surface area contributed by atoms with Crippen LogP contribution in [0.5, 0.6) is 11.5 Å². The monoisotopic (exact) mass is 315 g/mol. The quantitative estimate of drug-likeness (QED) is 0.689. The first-order valence-electron chi connectivity index (χ1n) is 6.86. The lowest BCUT2D eigenvalue weighted by atomic mass is 10.2. The van der Waals surface area contributed by atoms with Gasteiger partial charge in [0.1, 0.15) is 23.1 Å². The van der Waals surface area contributed by atoms with Crippen LogP contribution in [0.2, 0.25) is 0 Å². The number of carbonyl (C=O) groups excluding carboxylic acids is 1. The first-order valence-corrected chi connectivity index (χ1v) is 6.86. The number of fused-ring (bicyclic) bond motifs is 1. The van der Waals surface area contributed by atoms with Gasteiger partial charge >= 0.3 is 0 Å². The van der Waals surface area contributed by atoms with Gasteiger partial charge in [-0.1, -0.05) is 0 Å². The average molecular weight is 315 g/mol. The number of ether oxygens (including phenoxy) is 1. The first kappa shape index (κ1) is 14.8. The molecule has 3 rings (SSSR count). The third-order valence-electron chi connectivity index (χ3n) is 3.35. The van der Waals surface area contributed by atoms with Gasteiger partial charge in [-0.05, 0) is 30.3 Å². The Labute approximate surface area is 130 Å². The number of aromatic hydroxyl groups is 1. The van der Waals surface area contributed by atoms with Gasteiger partial charge in [0.05, 0.1) is 30.3 Å². The number of nitrogens with one attached hydrogen (secondary N) is 2. The van der Waals surface area contributed by atoms with Crippen LogP contribution >= 0.6 is 0 Å². The number of amides is 1. The number of rotatable bonds is 4. The van der Waals surface area contributed by atoms with Crippen LogP contribution in [0.15, 0.2) is 36.4 Å². The lowest BCUT2D eigenvalue weighted by molar-refractivity contribution is 0.0945. The zero-order valence-electron chi connectivity index (χ0n) is 12.3. The molecule has 0 aliphatic carbocycles. The highest BCUT2D eigenvalue weighted by atomic mass is 19.1. The van der Waals surface area contributed by atoms with Crippen molar-refractivity contribution in [1.82, 2.24) is 15.3 Å². The molecule has 3 aromatic rings. The summed E-state index contributed by atoms with van der Waals surface area (Å²) in [4.78, 5) is 19.4. The molecule has 0 aliphatic rings. The molecule has 118 valence electrons. The summed E-state index contributed by atoms with van der Waals surface area (Å²) >= 11 is 0. The Morgan fingerprint density at radius 1 is 1.35 bits per heavy atom. The number of imidazole rings is 1. The van der Waals surface area contributed by atoms with E-state index >= 15 is 0 Å². The first-order chi connectivity index (χ1) is 11.1. The van der Waals surface area contributed by atoms with E-state index < -0.39 is 11.7 Å². The van der Waals surface area contributed by atoms with Crippen molar-refractivity contribution in [2.24, 2.45) is 0 Å². The van der Waals surface area contributed by atoms with Crippen molar-refractivity contribution in [1.29, 1.82) is 0 Å². The van der Waals surface area contributed by atoms with E-state index in [-0.39, 0.29) is 17.9 Å². The number of phenolic OH excluding ortho intramolecular Hbond substituents is 1. The van der Waals surface area contributed by atoms with Crippen molar-refractivity contribution in [3.05, 3.63) is 53.6 Å². The predicted octanol–water partition coefficient (Wildman–Crippen LogP) is 2.35. The van der Waals surface area contributed by atoms with Crippen LogP contribution in [0, 0.1) is 5.82 Å². The Balaban J connectivity index is 1.75. The number of hydrogen-bond acceptors (Lipinski definition) is 4. The summed E-state index contributed by atoms with van der Waals surface area (Å²) in [5.74, 6) is -0.279. The van der Waals surface area contributed by atoms with Crippen LogP contribution in [0.1, 0.15) is 16.2 Å². The Kier molecular flexibility index (Phi) is 3.84. The molecule has 1 aromatic heterocycles. The van der Waals surface area contributed by atoms with Gasteiger partial charge in [-0.25, -0.2) is 9.37 Å². The molecule has 1 amide bonds. The summed E-state index contributed by atoms with van der Waals surface area (Å²) in [6.45, 7) is 0.102. The van der Waals surface area contributed by atoms with Crippen LogP contribution in [0.3, 0.4) is 0 Å². The Bertz CT molecular complexity index is 876. The van der Waals surface area contributed by atoms with Crippen LogP contribution in [0.4, 0.5) is 4.39 Å². The van der Waals surface area contributed by atoms with E-state index in [9.17, 15) is 14.3 Å². The molecule has 0 atom stereocenters. The number of nitrogens with zero attached hydrogens (tertiary/aromatic N) is 1. The standard InChI is InChI=1S/C16H14FN3O3/c1-23-10-3-5-13-14(7-10)20-15(19-13)8-18-16(22)11-6-9(21)2-4-12(11)17/h2-7,21H,8H2,1H3,(H,18,22)(H,19,20). The lowest BCUT2D eigenvalue weighted by Gasteiger charge is -2.05. The molecule has 0 spiro atoms. The second kappa shape index (κ2) is 5.96. The largest absolute Gasteiger partial charge is 0.508 e. The van der Waals surface area contributed by atoms with Crippen molar-refractivity contribution < 1.29 is 19.0 Å². The number of phenols is 1. The highest BCUT2D eigenvalue weighted by Gasteiger charge is 2.13. The molecule has 6 nitrogen and oxygen atoms in total. The van der Waals surface area contributed by atoms with E-state index in [1.54, 1.807) is 25.3 Å². The molecule has 1 heterocycles. The molecule has 0 fully saturated rings. The number of halogens is 1. The Morgan fingerprint density at radius 2 is 2.17 bits per heavy atom. The number of benzene rings is 2. The number of aromatic amines is 1. The minimum absolute atomic E-state index is 0.102. The molecule has 3 N–H and O–H groups in total. The molecule has 0 radical (unpaired) electrons. The molecule has 0 aliphatic heterocycles. The van der Waals surface area contributed by atoms with Gasteiger partial charge in [-0.2, -0.15) is 0 Å². The number of aromatic nitrogens is 2. The second-order valence-electron chi connectivity index (χ2n) is 4.91. The SMILES string of the molecule is COc1ccc2nc(CNC(=O)c3cc(O)ccc3F)[nH]c2c1. The van der Waals surface area contributed by atoms with E-state index in [0.29, 0.717) is 11.6 Å². The summed E-state index contributed by atoms with van der Waals surface area (Å²) in [6.07, 6.45) is 0. The molecule has 0 unspecified atom stereocenters. The number of H-pyrrole nitrogens is 1. The molecule has 0 bridgehead atoms. The fourth-order valence-corrected chi connectivity index (χ4v) is 2.20. The van der Waals surface area contributed by atoms with Gasteiger partial charge in [-0.15, -0.1) is 0 Å². The van der Waals surface area contributed by atoms with Crippen LogP contribution in [-0.2, 0) is 6.54 Å². The summed E-state index contributed by atoms with van der Waals surface area (Å²) in [6, 6.07) is 8.67. The molecule has 7 heteroatoms. The molecular formula is C16H14FN3O3. The summed E-state index contributed by atoms with van der Waals surface area (Å²) in [7, 11) is 1.57. The van der Waals surface area contributed by atoms with Crippen molar-refractivity contribution in [3.8, 4) is 11.5 Å². The summed E-state index contributed by atoms with van der Waals surface area (Å²) < 4.78 is 18.7. The zero-order chi connectivity index (χ0) is 16.4. The van der Waals surface area contributed by atoms with E-state index in [0.717, 1.165) is 23.2 Å². The third-order valence-corrected chi connectivity index (χ3v) is 3.35. The molecular weight excluding hydrogens is 301 g/mol.